The topological polar surface area (TPSA) is 64.4 Å². The van der Waals surface area contributed by atoms with Crippen LogP contribution < -0.4 is 10.1 Å². The third kappa shape index (κ3) is 3.96. The molecule has 0 unspecified atom stereocenters. The van der Waals surface area contributed by atoms with Gasteiger partial charge in [0.15, 0.2) is 0 Å². The maximum atomic E-state index is 13.5. The summed E-state index contributed by atoms with van der Waals surface area (Å²) >= 11 is 0. The molecular weight excluding hydrogens is 371 g/mol. The Morgan fingerprint density at radius 2 is 1.83 bits per heavy atom. The molecule has 1 aromatic heterocycles. The fourth-order valence-electron chi connectivity index (χ4n) is 3.14. The molecule has 0 bridgehead atoms. The Hall–Kier alpha value is -3.67. The van der Waals surface area contributed by atoms with Crippen LogP contribution in [0.15, 0.2) is 65.2 Å². The Bertz CT molecular complexity index is 1180. The van der Waals surface area contributed by atoms with Crippen LogP contribution in [0.2, 0.25) is 0 Å². The normalized spacial score (nSPS) is 10.9. The minimum Gasteiger partial charge on any atom is -0.488 e. The lowest BCUT2D eigenvalue weighted by Crippen LogP contribution is -2.14. The van der Waals surface area contributed by atoms with Crippen molar-refractivity contribution in [2.45, 2.75) is 20.5 Å². The van der Waals surface area contributed by atoms with Gasteiger partial charge in [-0.3, -0.25) is 4.79 Å². The second-order valence-electron chi connectivity index (χ2n) is 6.75. The lowest BCUT2D eigenvalue weighted by Gasteiger charge is -2.13. The van der Waals surface area contributed by atoms with E-state index in [9.17, 15) is 9.18 Å². The molecule has 3 aromatic carbocycles. The first-order valence-electron chi connectivity index (χ1n) is 9.15. The summed E-state index contributed by atoms with van der Waals surface area (Å²) < 4.78 is 24.6. The van der Waals surface area contributed by atoms with Crippen molar-refractivity contribution in [3.8, 4) is 5.75 Å². The highest BCUT2D eigenvalue weighted by Gasteiger charge is 2.17. The van der Waals surface area contributed by atoms with Crippen molar-refractivity contribution in [1.82, 2.24) is 5.16 Å². The number of fused-ring (bicyclic) bond motifs is 1. The summed E-state index contributed by atoms with van der Waals surface area (Å²) in [5.41, 5.74) is 2.32. The summed E-state index contributed by atoms with van der Waals surface area (Å²) in [7, 11) is 0. The van der Waals surface area contributed by atoms with Crippen LogP contribution in [-0.2, 0) is 6.61 Å². The predicted octanol–water partition coefficient (Wildman–Crippen LogP) is 5.42. The van der Waals surface area contributed by atoms with Gasteiger partial charge in [0.25, 0.3) is 5.91 Å². The zero-order chi connectivity index (χ0) is 20.4. The van der Waals surface area contributed by atoms with Crippen LogP contribution in [0.4, 0.5) is 10.1 Å². The molecule has 0 saturated carbocycles. The van der Waals surface area contributed by atoms with E-state index < -0.39 is 5.82 Å². The van der Waals surface area contributed by atoms with Gasteiger partial charge in [-0.1, -0.05) is 35.5 Å². The largest absolute Gasteiger partial charge is 0.488 e. The Balaban J connectivity index is 1.68. The molecule has 0 spiro atoms. The summed E-state index contributed by atoms with van der Waals surface area (Å²) in [6, 6.07) is 17.1. The molecule has 146 valence electrons. The van der Waals surface area contributed by atoms with Crippen LogP contribution in [0.5, 0.6) is 5.75 Å². The van der Waals surface area contributed by atoms with E-state index in [1.54, 1.807) is 18.2 Å². The lowest BCUT2D eigenvalue weighted by atomic mass is 10.0. The number of ether oxygens (including phenoxy) is 1. The number of hydrogen-bond acceptors (Lipinski definition) is 4. The van der Waals surface area contributed by atoms with Crippen LogP contribution in [0.1, 0.15) is 27.4 Å². The highest BCUT2D eigenvalue weighted by molar-refractivity contribution is 6.08. The van der Waals surface area contributed by atoms with Crippen LogP contribution in [0.25, 0.3) is 10.8 Å². The molecule has 0 atom stereocenters. The van der Waals surface area contributed by atoms with Crippen molar-refractivity contribution < 1.29 is 18.4 Å². The first-order chi connectivity index (χ1) is 14.0. The van der Waals surface area contributed by atoms with Crippen molar-refractivity contribution in [3.05, 3.63) is 89.1 Å². The van der Waals surface area contributed by atoms with Gasteiger partial charge in [0, 0.05) is 5.69 Å². The molecule has 0 aliphatic heterocycles. The van der Waals surface area contributed by atoms with Crippen molar-refractivity contribution in [3.63, 3.8) is 0 Å². The first-order valence-corrected chi connectivity index (χ1v) is 9.15. The highest BCUT2D eigenvalue weighted by Crippen LogP contribution is 2.28. The molecule has 4 rings (SSSR count). The maximum Gasteiger partial charge on any atom is 0.259 e. The van der Waals surface area contributed by atoms with E-state index in [2.05, 4.69) is 10.5 Å². The standard InChI is InChI=1S/C23H19FN2O3/c1-14-21(15(2)29-26-14)13-28-22-11-17-7-4-3-6-16(17)10-20(22)23(27)25-19-9-5-8-18(24)12-19/h3-12H,13H2,1-2H3,(H,25,27). The summed E-state index contributed by atoms with van der Waals surface area (Å²) in [4.78, 5) is 12.9. The van der Waals surface area contributed by atoms with E-state index in [4.69, 9.17) is 9.26 Å². The molecule has 1 amide bonds. The Morgan fingerprint density at radius 1 is 1.07 bits per heavy atom. The number of nitrogens with zero attached hydrogens (tertiary/aromatic N) is 1. The van der Waals surface area contributed by atoms with Gasteiger partial charge in [0.2, 0.25) is 0 Å². The highest BCUT2D eigenvalue weighted by atomic mass is 19.1. The van der Waals surface area contributed by atoms with Crippen LogP contribution >= 0.6 is 0 Å². The van der Waals surface area contributed by atoms with Crippen LogP contribution in [0.3, 0.4) is 0 Å². The molecule has 1 heterocycles. The minimum atomic E-state index is -0.420. The molecular formula is C23H19FN2O3. The quantitative estimate of drug-likeness (QED) is 0.494. The molecule has 6 heteroatoms. The first kappa shape index (κ1) is 18.7. The second kappa shape index (κ2) is 7.75. The average molecular weight is 390 g/mol. The van der Waals surface area contributed by atoms with Crippen LogP contribution in [-0.4, -0.2) is 11.1 Å². The number of aryl methyl sites for hydroxylation is 2. The fourth-order valence-corrected chi connectivity index (χ4v) is 3.14. The third-order valence-electron chi connectivity index (χ3n) is 4.73. The van der Waals surface area contributed by atoms with Crippen molar-refractivity contribution in [2.75, 3.05) is 5.32 Å². The summed E-state index contributed by atoms with van der Waals surface area (Å²) in [6.45, 7) is 3.88. The Morgan fingerprint density at radius 3 is 2.52 bits per heavy atom. The summed E-state index contributed by atoms with van der Waals surface area (Å²) in [5.74, 6) is 0.304. The molecule has 0 aliphatic carbocycles. The molecule has 0 fully saturated rings. The van der Waals surface area contributed by atoms with E-state index >= 15 is 0 Å². The summed E-state index contributed by atoms with van der Waals surface area (Å²) in [5, 5.41) is 8.51. The molecule has 0 aliphatic rings. The number of hydrogen-bond donors (Lipinski definition) is 1. The van der Waals surface area contributed by atoms with Gasteiger partial charge in [-0.25, -0.2) is 4.39 Å². The monoisotopic (exact) mass is 390 g/mol. The number of benzene rings is 3. The Kier molecular flexibility index (Phi) is 4.99. The molecule has 0 saturated heterocycles. The van der Waals surface area contributed by atoms with E-state index in [0.29, 0.717) is 22.8 Å². The molecule has 1 N–H and O–H groups in total. The van der Waals surface area contributed by atoms with E-state index in [1.807, 2.05) is 44.2 Å². The molecule has 0 radical (unpaired) electrons. The number of carbonyl (C=O) groups excluding carboxylic acids is 1. The molecule has 29 heavy (non-hydrogen) atoms. The van der Waals surface area contributed by atoms with E-state index in [0.717, 1.165) is 22.0 Å². The second-order valence-corrected chi connectivity index (χ2v) is 6.75. The molecule has 4 aromatic rings. The van der Waals surface area contributed by atoms with Gasteiger partial charge in [0.1, 0.15) is 23.9 Å². The van der Waals surface area contributed by atoms with Gasteiger partial charge >= 0.3 is 0 Å². The number of amides is 1. The number of carbonyl (C=O) groups is 1. The predicted molar refractivity (Wildman–Crippen MR) is 109 cm³/mol. The van der Waals surface area contributed by atoms with Gasteiger partial charge in [-0.15, -0.1) is 0 Å². The van der Waals surface area contributed by atoms with E-state index in [-0.39, 0.29) is 12.5 Å². The zero-order valence-electron chi connectivity index (χ0n) is 16.0. The van der Waals surface area contributed by atoms with E-state index in [1.165, 1.54) is 12.1 Å². The van der Waals surface area contributed by atoms with Gasteiger partial charge < -0.3 is 14.6 Å². The van der Waals surface area contributed by atoms with Crippen molar-refractivity contribution in [1.29, 1.82) is 0 Å². The zero-order valence-corrected chi connectivity index (χ0v) is 16.0. The number of aromatic nitrogens is 1. The van der Waals surface area contributed by atoms with Gasteiger partial charge in [-0.2, -0.15) is 0 Å². The smallest absolute Gasteiger partial charge is 0.259 e. The van der Waals surface area contributed by atoms with Crippen molar-refractivity contribution >= 4 is 22.4 Å². The number of anilines is 1. The van der Waals surface area contributed by atoms with Gasteiger partial charge in [-0.05, 0) is 55.0 Å². The third-order valence-corrected chi connectivity index (χ3v) is 4.73. The Labute approximate surface area is 167 Å². The molecule has 5 nitrogen and oxygen atoms in total. The maximum absolute atomic E-state index is 13.5. The minimum absolute atomic E-state index is 0.222. The number of nitrogens with one attached hydrogen (secondary N) is 1. The SMILES string of the molecule is Cc1noc(C)c1COc1cc2ccccc2cc1C(=O)Nc1cccc(F)c1. The fraction of sp³-hybridized carbons (Fsp3) is 0.130. The van der Waals surface area contributed by atoms with Crippen molar-refractivity contribution in [2.24, 2.45) is 0 Å². The van der Waals surface area contributed by atoms with Gasteiger partial charge in [0.05, 0.1) is 16.8 Å². The summed E-state index contributed by atoms with van der Waals surface area (Å²) in [6.07, 6.45) is 0. The number of halogens is 1. The lowest BCUT2D eigenvalue weighted by molar-refractivity contribution is 0.102. The number of rotatable bonds is 5. The average Bonchev–Trinajstić information content (AvgIpc) is 3.03. The van der Waals surface area contributed by atoms with Crippen LogP contribution in [0, 0.1) is 19.7 Å².